The lowest BCUT2D eigenvalue weighted by Crippen LogP contribution is -2.63. The summed E-state index contributed by atoms with van der Waals surface area (Å²) in [5.41, 5.74) is 0. The zero-order valence-corrected chi connectivity index (χ0v) is 11.8. The molecule has 2 aliphatic rings. The molecule has 0 bridgehead atoms. The lowest BCUT2D eigenvalue weighted by Gasteiger charge is -2.44. The third-order valence-corrected chi connectivity index (χ3v) is 3.94. The zero-order chi connectivity index (χ0) is 16.6. The van der Waals surface area contributed by atoms with Crippen molar-refractivity contribution < 1.29 is 50.0 Å². The van der Waals surface area contributed by atoms with Crippen LogP contribution in [0.2, 0.25) is 0 Å². The Hall–Kier alpha value is -0.400. The van der Waals surface area contributed by atoms with Gasteiger partial charge in [0.05, 0.1) is 12.7 Å². The van der Waals surface area contributed by atoms with Gasteiger partial charge in [-0.05, 0) is 6.92 Å². The highest BCUT2D eigenvalue weighted by molar-refractivity contribution is 4.93. The summed E-state index contributed by atoms with van der Waals surface area (Å²) in [7, 11) is 0. The summed E-state index contributed by atoms with van der Waals surface area (Å²) in [5.74, 6) is 0. The fourth-order valence-electron chi connectivity index (χ4n) is 2.52. The van der Waals surface area contributed by atoms with Crippen molar-refractivity contribution in [3.63, 3.8) is 0 Å². The minimum atomic E-state index is -1.70. The molecule has 0 saturated carbocycles. The lowest BCUT2D eigenvalue weighted by molar-refractivity contribution is -0.352. The molecule has 0 amide bonds. The van der Waals surface area contributed by atoms with Crippen LogP contribution in [0.15, 0.2) is 0 Å². The minimum absolute atomic E-state index is 0.630. The Morgan fingerprint density at radius 1 is 0.818 bits per heavy atom. The average molecular weight is 326 g/mol. The highest BCUT2D eigenvalue weighted by atomic mass is 16.7. The van der Waals surface area contributed by atoms with Crippen molar-refractivity contribution in [2.45, 2.75) is 68.3 Å². The van der Waals surface area contributed by atoms with Crippen LogP contribution in [0.1, 0.15) is 6.92 Å². The van der Waals surface area contributed by atoms with E-state index >= 15 is 0 Å². The standard InChI is InChI=1S/C12H22O10/c1-3-5(14)6(15)9(18)12(20-3)22-10-4(2-13)21-11(19)8(17)7(10)16/h3-19H,2H2,1H3/t3-,4+,5-,6+,7+,8+,9+,10+,11-,12-/m0/s1. The summed E-state index contributed by atoms with van der Waals surface area (Å²) in [6.45, 7) is 0.821. The fourth-order valence-corrected chi connectivity index (χ4v) is 2.52. The van der Waals surface area contributed by atoms with Crippen LogP contribution in [0.5, 0.6) is 0 Å². The molecule has 2 fully saturated rings. The Kier molecular flexibility index (Phi) is 5.72. The summed E-state index contributed by atoms with van der Waals surface area (Å²) < 4.78 is 15.4. The van der Waals surface area contributed by atoms with E-state index < -0.39 is 68.0 Å². The summed E-state index contributed by atoms with van der Waals surface area (Å²) in [6.07, 6.45) is -14.2. The van der Waals surface area contributed by atoms with E-state index in [-0.39, 0.29) is 0 Å². The van der Waals surface area contributed by atoms with E-state index in [1.807, 2.05) is 0 Å². The molecule has 10 nitrogen and oxygen atoms in total. The molecule has 10 heteroatoms. The van der Waals surface area contributed by atoms with Crippen molar-refractivity contribution in [2.75, 3.05) is 6.61 Å². The summed E-state index contributed by atoms with van der Waals surface area (Å²) >= 11 is 0. The molecular weight excluding hydrogens is 304 g/mol. The topological polar surface area (TPSA) is 169 Å². The van der Waals surface area contributed by atoms with Crippen molar-refractivity contribution in [1.82, 2.24) is 0 Å². The van der Waals surface area contributed by atoms with Gasteiger partial charge in [0.15, 0.2) is 12.6 Å². The highest BCUT2D eigenvalue weighted by Gasteiger charge is 2.49. The average Bonchev–Trinajstić information content (AvgIpc) is 2.50. The molecule has 2 saturated heterocycles. The van der Waals surface area contributed by atoms with Gasteiger partial charge in [0.25, 0.3) is 0 Å². The van der Waals surface area contributed by atoms with E-state index in [4.69, 9.17) is 14.2 Å². The molecule has 0 spiro atoms. The maximum Gasteiger partial charge on any atom is 0.187 e. The molecular formula is C12H22O10. The van der Waals surface area contributed by atoms with Gasteiger partial charge in [0.1, 0.15) is 42.7 Å². The molecule has 0 aromatic heterocycles. The highest BCUT2D eigenvalue weighted by Crippen LogP contribution is 2.28. The predicted molar refractivity (Wildman–Crippen MR) is 67.2 cm³/mol. The molecule has 0 aliphatic carbocycles. The van der Waals surface area contributed by atoms with E-state index in [0.29, 0.717) is 0 Å². The van der Waals surface area contributed by atoms with Crippen LogP contribution in [0.3, 0.4) is 0 Å². The van der Waals surface area contributed by atoms with E-state index in [9.17, 15) is 35.7 Å². The van der Waals surface area contributed by atoms with Gasteiger partial charge in [-0.3, -0.25) is 0 Å². The van der Waals surface area contributed by atoms with Gasteiger partial charge < -0.3 is 50.0 Å². The van der Waals surface area contributed by atoms with Crippen LogP contribution in [0, 0.1) is 0 Å². The Balaban J connectivity index is 2.10. The Labute approximate surface area is 126 Å². The SMILES string of the molecule is C[C@@H]1O[C@@H](O[C@H]2[C@H](O)[C@@H](O)[C@@H](O)O[C@@H]2CO)[C@H](O)[C@H](O)[C@H]1O. The second-order valence-electron chi connectivity index (χ2n) is 5.51. The molecule has 0 unspecified atom stereocenters. The maximum atomic E-state index is 9.93. The second kappa shape index (κ2) is 7.01. The molecule has 0 radical (unpaired) electrons. The molecule has 10 atom stereocenters. The number of ether oxygens (including phenoxy) is 3. The van der Waals surface area contributed by atoms with Crippen LogP contribution in [0.4, 0.5) is 0 Å². The van der Waals surface area contributed by atoms with Crippen molar-refractivity contribution in [3.8, 4) is 0 Å². The molecule has 130 valence electrons. The van der Waals surface area contributed by atoms with Crippen molar-refractivity contribution in [1.29, 1.82) is 0 Å². The third kappa shape index (κ3) is 3.26. The van der Waals surface area contributed by atoms with Gasteiger partial charge >= 0.3 is 0 Å². The lowest BCUT2D eigenvalue weighted by atomic mass is 9.97. The monoisotopic (exact) mass is 326 g/mol. The van der Waals surface area contributed by atoms with Gasteiger partial charge in [0, 0.05) is 0 Å². The first-order valence-corrected chi connectivity index (χ1v) is 6.93. The van der Waals surface area contributed by atoms with Crippen LogP contribution in [0.25, 0.3) is 0 Å². The molecule has 7 N–H and O–H groups in total. The van der Waals surface area contributed by atoms with E-state index in [2.05, 4.69) is 0 Å². The van der Waals surface area contributed by atoms with E-state index in [1.165, 1.54) is 6.92 Å². The van der Waals surface area contributed by atoms with Gasteiger partial charge in [-0.2, -0.15) is 0 Å². The van der Waals surface area contributed by atoms with Crippen LogP contribution >= 0.6 is 0 Å². The smallest absolute Gasteiger partial charge is 0.187 e. The first kappa shape index (κ1) is 17.9. The summed E-state index contributed by atoms with van der Waals surface area (Å²) in [6, 6.07) is 0. The second-order valence-corrected chi connectivity index (χ2v) is 5.51. The Morgan fingerprint density at radius 3 is 2.05 bits per heavy atom. The zero-order valence-electron chi connectivity index (χ0n) is 11.8. The molecule has 2 heterocycles. The largest absolute Gasteiger partial charge is 0.394 e. The van der Waals surface area contributed by atoms with Crippen molar-refractivity contribution in [2.24, 2.45) is 0 Å². The minimum Gasteiger partial charge on any atom is -0.394 e. The van der Waals surface area contributed by atoms with Crippen LogP contribution < -0.4 is 0 Å². The number of rotatable bonds is 3. The summed E-state index contributed by atoms with van der Waals surface area (Å²) in [5, 5.41) is 67.3. The quantitative estimate of drug-likeness (QED) is 0.269. The van der Waals surface area contributed by atoms with Gasteiger partial charge in [-0.1, -0.05) is 0 Å². The molecule has 0 aromatic carbocycles. The van der Waals surface area contributed by atoms with Crippen LogP contribution in [-0.2, 0) is 14.2 Å². The number of hydrogen-bond acceptors (Lipinski definition) is 10. The normalized spacial score (nSPS) is 53.5. The van der Waals surface area contributed by atoms with Gasteiger partial charge in [-0.15, -0.1) is 0 Å². The number of aliphatic hydroxyl groups excluding tert-OH is 7. The molecule has 2 rings (SSSR count). The number of aliphatic hydroxyl groups is 7. The van der Waals surface area contributed by atoms with Crippen LogP contribution in [-0.4, -0.2) is 104 Å². The van der Waals surface area contributed by atoms with E-state index in [0.717, 1.165) is 0 Å². The fraction of sp³-hybridized carbons (Fsp3) is 1.00. The van der Waals surface area contributed by atoms with E-state index in [1.54, 1.807) is 0 Å². The Morgan fingerprint density at radius 2 is 1.45 bits per heavy atom. The predicted octanol–water partition coefficient (Wildman–Crippen LogP) is -4.37. The molecule has 2 aliphatic heterocycles. The summed E-state index contributed by atoms with van der Waals surface area (Å²) in [4.78, 5) is 0. The molecule has 22 heavy (non-hydrogen) atoms. The molecule has 0 aromatic rings. The first-order valence-electron chi connectivity index (χ1n) is 6.93. The van der Waals surface area contributed by atoms with Crippen molar-refractivity contribution in [3.05, 3.63) is 0 Å². The Bertz CT molecular complexity index is 366. The number of hydrogen-bond donors (Lipinski definition) is 7. The maximum absolute atomic E-state index is 9.93. The van der Waals surface area contributed by atoms with Gasteiger partial charge in [0.2, 0.25) is 0 Å². The van der Waals surface area contributed by atoms with Crippen molar-refractivity contribution >= 4 is 0 Å². The third-order valence-electron chi connectivity index (χ3n) is 3.94. The first-order chi connectivity index (χ1) is 10.3. The van der Waals surface area contributed by atoms with Gasteiger partial charge in [-0.25, -0.2) is 0 Å².